The van der Waals surface area contributed by atoms with Crippen LogP contribution in [0.5, 0.6) is 0 Å². The van der Waals surface area contributed by atoms with Gasteiger partial charge >= 0.3 is 0 Å². The van der Waals surface area contributed by atoms with Crippen molar-refractivity contribution in [1.82, 2.24) is 0 Å². The van der Waals surface area contributed by atoms with E-state index in [-0.39, 0.29) is 16.3 Å². The number of nitrogens with zero attached hydrogens (tertiary/aromatic N) is 1. The Labute approximate surface area is 86.8 Å². The van der Waals surface area contributed by atoms with Crippen LogP contribution in [0.3, 0.4) is 0 Å². The van der Waals surface area contributed by atoms with E-state index in [1.165, 1.54) is 12.1 Å². The molecule has 0 aliphatic carbocycles. The summed E-state index contributed by atoms with van der Waals surface area (Å²) in [7, 11) is 0. The lowest BCUT2D eigenvalue weighted by atomic mass is 10.2. The number of halogens is 2. The number of benzene rings is 1. The van der Waals surface area contributed by atoms with Gasteiger partial charge in [-0.1, -0.05) is 11.6 Å². The van der Waals surface area contributed by atoms with E-state index in [9.17, 15) is 14.9 Å². The maximum absolute atomic E-state index is 10.5. The molecule has 0 radical (unpaired) electrons. The van der Waals surface area contributed by atoms with Gasteiger partial charge < -0.3 is 0 Å². The van der Waals surface area contributed by atoms with Crippen LogP contribution in [0.4, 0.5) is 5.69 Å². The van der Waals surface area contributed by atoms with Crippen molar-refractivity contribution in [3.8, 4) is 0 Å². The lowest BCUT2D eigenvalue weighted by Crippen LogP contribution is -1.95. The van der Waals surface area contributed by atoms with Gasteiger partial charge in [0.2, 0.25) is 0 Å². The Morgan fingerprint density at radius 3 is 2.62 bits per heavy atom. The van der Waals surface area contributed by atoms with E-state index in [0.717, 1.165) is 0 Å². The molecule has 0 atom stereocenters. The zero-order valence-electron chi connectivity index (χ0n) is 6.16. The van der Waals surface area contributed by atoms with E-state index in [1.54, 1.807) is 0 Å². The molecular formula is C7H3BrClNO3. The maximum atomic E-state index is 10.5. The van der Waals surface area contributed by atoms with Crippen molar-refractivity contribution in [2.45, 2.75) is 0 Å². The predicted molar refractivity (Wildman–Crippen MR) is 51.2 cm³/mol. The van der Waals surface area contributed by atoms with Crippen LogP contribution in [0, 0.1) is 10.1 Å². The molecule has 0 saturated heterocycles. The number of nitro groups is 1. The lowest BCUT2D eigenvalue weighted by Gasteiger charge is -1.99. The summed E-state index contributed by atoms with van der Waals surface area (Å²) >= 11 is 8.65. The molecule has 0 spiro atoms. The average molecular weight is 264 g/mol. The first-order valence-corrected chi connectivity index (χ1v) is 4.32. The molecule has 0 amide bonds. The number of rotatable bonds is 2. The summed E-state index contributed by atoms with van der Waals surface area (Å²) in [6, 6.07) is 2.82. The first-order valence-electron chi connectivity index (χ1n) is 3.15. The molecule has 1 aromatic carbocycles. The fourth-order valence-electron chi connectivity index (χ4n) is 0.836. The molecule has 6 heteroatoms. The molecule has 1 rings (SSSR count). The Balaban J connectivity index is 3.50. The Kier molecular flexibility index (Phi) is 3.00. The molecule has 0 N–H and O–H groups in total. The molecule has 0 aliphatic heterocycles. The van der Waals surface area contributed by atoms with Gasteiger partial charge in [0, 0.05) is 4.47 Å². The van der Waals surface area contributed by atoms with Crippen molar-refractivity contribution in [3.63, 3.8) is 0 Å². The van der Waals surface area contributed by atoms with Gasteiger partial charge in [-0.3, -0.25) is 14.9 Å². The Morgan fingerprint density at radius 1 is 1.54 bits per heavy atom. The maximum Gasteiger partial charge on any atom is 0.299 e. The van der Waals surface area contributed by atoms with Crippen molar-refractivity contribution >= 4 is 39.5 Å². The van der Waals surface area contributed by atoms with E-state index >= 15 is 0 Å². The number of nitro benzene ring substituents is 1. The van der Waals surface area contributed by atoms with Gasteiger partial charge in [-0.2, -0.15) is 0 Å². The topological polar surface area (TPSA) is 60.2 Å². The van der Waals surface area contributed by atoms with Crippen LogP contribution in [-0.4, -0.2) is 11.2 Å². The quantitative estimate of drug-likeness (QED) is 0.469. The number of hydrogen-bond donors (Lipinski definition) is 0. The van der Waals surface area contributed by atoms with Crippen molar-refractivity contribution in [3.05, 3.63) is 37.3 Å². The normalized spacial score (nSPS) is 9.69. The molecule has 0 bridgehead atoms. The third-order valence-corrected chi connectivity index (χ3v) is 2.68. The molecule has 68 valence electrons. The van der Waals surface area contributed by atoms with E-state index in [2.05, 4.69) is 15.9 Å². The fourth-order valence-corrected chi connectivity index (χ4v) is 1.40. The lowest BCUT2D eigenvalue weighted by molar-refractivity contribution is -0.385. The van der Waals surface area contributed by atoms with Crippen LogP contribution in [0.1, 0.15) is 10.4 Å². The fraction of sp³-hybridized carbons (Fsp3) is 0. The van der Waals surface area contributed by atoms with Gasteiger partial charge in [0.05, 0.1) is 10.5 Å². The molecular weight excluding hydrogens is 261 g/mol. The van der Waals surface area contributed by atoms with E-state index in [4.69, 9.17) is 11.6 Å². The highest BCUT2D eigenvalue weighted by Gasteiger charge is 2.20. The predicted octanol–water partition coefficient (Wildman–Crippen LogP) is 2.82. The van der Waals surface area contributed by atoms with E-state index in [0.29, 0.717) is 10.8 Å². The Hall–Kier alpha value is -0.940. The van der Waals surface area contributed by atoms with Crippen LogP contribution in [0.2, 0.25) is 5.02 Å². The average Bonchev–Trinajstić information content (AvgIpc) is 2.08. The third kappa shape index (κ3) is 1.87. The van der Waals surface area contributed by atoms with E-state index in [1.807, 2.05) is 0 Å². The van der Waals surface area contributed by atoms with Crippen molar-refractivity contribution in [2.75, 3.05) is 0 Å². The minimum Gasteiger partial charge on any atom is -0.298 e. The molecule has 0 heterocycles. The van der Waals surface area contributed by atoms with Gasteiger partial charge in [-0.15, -0.1) is 0 Å². The number of aldehydes is 1. The summed E-state index contributed by atoms with van der Waals surface area (Å²) in [5.41, 5.74) is -0.399. The summed E-state index contributed by atoms with van der Waals surface area (Å²) in [6.07, 6.45) is 0.399. The summed E-state index contributed by atoms with van der Waals surface area (Å²) in [4.78, 5) is 20.2. The van der Waals surface area contributed by atoms with Crippen molar-refractivity contribution in [2.24, 2.45) is 0 Å². The molecule has 13 heavy (non-hydrogen) atoms. The molecule has 0 unspecified atom stereocenters. The SMILES string of the molecule is O=Cc1ccc(Br)c(Cl)c1[N+](=O)[O-]. The van der Waals surface area contributed by atoms with Crippen LogP contribution in [0.15, 0.2) is 16.6 Å². The first-order chi connectivity index (χ1) is 6.07. The van der Waals surface area contributed by atoms with Crippen LogP contribution >= 0.6 is 27.5 Å². The Morgan fingerprint density at radius 2 is 2.15 bits per heavy atom. The van der Waals surface area contributed by atoms with Gasteiger partial charge in [-0.05, 0) is 28.1 Å². The monoisotopic (exact) mass is 263 g/mol. The highest BCUT2D eigenvalue weighted by Crippen LogP contribution is 2.33. The second-order valence-electron chi connectivity index (χ2n) is 2.17. The second-order valence-corrected chi connectivity index (χ2v) is 3.41. The summed E-state index contributed by atoms with van der Waals surface area (Å²) in [6.45, 7) is 0. The third-order valence-electron chi connectivity index (χ3n) is 1.41. The minimum absolute atomic E-state index is 0.0294. The Bertz CT molecular complexity index is 380. The zero-order chi connectivity index (χ0) is 10.0. The van der Waals surface area contributed by atoms with Crippen molar-refractivity contribution in [1.29, 1.82) is 0 Å². The molecule has 1 aromatic rings. The molecule has 4 nitrogen and oxygen atoms in total. The van der Waals surface area contributed by atoms with Crippen molar-refractivity contribution < 1.29 is 9.72 Å². The van der Waals surface area contributed by atoms with E-state index < -0.39 is 4.92 Å². The second kappa shape index (κ2) is 3.85. The first kappa shape index (κ1) is 10.1. The summed E-state index contributed by atoms with van der Waals surface area (Å²) in [5, 5.41) is 10.4. The van der Waals surface area contributed by atoms with Crippen LogP contribution < -0.4 is 0 Å². The molecule has 0 aliphatic rings. The smallest absolute Gasteiger partial charge is 0.298 e. The summed E-state index contributed by atoms with van der Waals surface area (Å²) in [5.74, 6) is 0. The highest BCUT2D eigenvalue weighted by molar-refractivity contribution is 9.10. The van der Waals surface area contributed by atoms with Crippen LogP contribution in [0.25, 0.3) is 0 Å². The molecule has 0 saturated carbocycles. The number of hydrogen-bond acceptors (Lipinski definition) is 3. The number of carbonyl (C=O) groups is 1. The van der Waals surface area contributed by atoms with Gasteiger partial charge in [0.1, 0.15) is 5.02 Å². The van der Waals surface area contributed by atoms with Gasteiger partial charge in [0.25, 0.3) is 5.69 Å². The standard InChI is InChI=1S/C7H3BrClNO3/c8-5-2-1-4(3-11)7(6(5)9)10(12)13/h1-3H. The highest BCUT2D eigenvalue weighted by atomic mass is 79.9. The van der Waals surface area contributed by atoms with Gasteiger partial charge in [-0.25, -0.2) is 0 Å². The largest absolute Gasteiger partial charge is 0.299 e. The van der Waals surface area contributed by atoms with Gasteiger partial charge in [0.15, 0.2) is 6.29 Å². The zero-order valence-corrected chi connectivity index (χ0v) is 8.50. The molecule has 0 fully saturated rings. The summed E-state index contributed by atoms with van der Waals surface area (Å²) < 4.78 is 0.395. The minimum atomic E-state index is -0.684. The number of carbonyl (C=O) groups excluding carboxylic acids is 1. The molecule has 0 aromatic heterocycles. The van der Waals surface area contributed by atoms with Crippen LogP contribution in [-0.2, 0) is 0 Å².